The number of nitrogens with zero attached hydrogens (tertiary/aromatic N) is 3. The van der Waals surface area contributed by atoms with Crippen LogP contribution < -0.4 is 10.2 Å². The molecule has 0 spiro atoms. The van der Waals surface area contributed by atoms with Crippen LogP contribution in [0.4, 0.5) is 5.69 Å². The van der Waals surface area contributed by atoms with Crippen molar-refractivity contribution in [2.24, 2.45) is 0 Å². The van der Waals surface area contributed by atoms with E-state index in [1.54, 1.807) is 12.1 Å². The molecule has 1 fully saturated rings. The third-order valence-corrected chi connectivity index (χ3v) is 7.03. The maximum Gasteiger partial charge on any atom is 0.337 e. The molecule has 1 N–H and O–H groups in total. The zero-order valence-electron chi connectivity index (χ0n) is 20.7. The van der Waals surface area contributed by atoms with Gasteiger partial charge in [-0.2, -0.15) is 0 Å². The fraction of sp³-hybridized carbons (Fsp3) is 0.207. The molecule has 0 unspecified atom stereocenters. The Morgan fingerprint density at radius 1 is 0.972 bits per heavy atom. The highest BCUT2D eigenvalue weighted by Gasteiger charge is 2.42. The number of hydrogen-bond donors (Lipinski definition) is 1. The second-order valence-corrected chi connectivity index (χ2v) is 9.42. The van der Waals surface area contributed by atoms with Gasteiger partial charge in [0.05, 0.1) is 30.5 Å². The van der Waals surface area contributed by atoms with Crippen LogP contribution in [0.3, 0.4) is 0 Å². The molecular formula is C29H28N4O2S. The summed E-state index contributed by atoms with van der Waals surface area (Å²) in [5.41, 5.74) is 8.02. The molecule has 5 rings (SSSR count). The molecule has 6 nitrogen and oxygen atoms in total. The Hall–Kier alpha value is -3.97. The number of hydrogen-bond acceptors (Lipinski definition) is 4. The second-order valence-electron chi connectivity index (χ2n) is 9.04. The second kappa shape index (κ2) is 9.59. The molecule has 0 aliphatic carbocycles. The molecule has 2 aromatic heterocycles. The van der Waals surface area contributed by atoms with Crippen LogP contribution >= 0.6 is 12.2 Å². The van der Waals surface area contributed by atoms with E-state index in [1.165, 1.54) is 12.7 Å². The fourth-order valence-electron chi connectivity index (χ4n) is 5.08. The minimum absolute atomic E-state index is 0.0940. The standard InChI is InChI=1S/C29H28N4O2S/c1-18-8-7-9-23(16-18)33-27(26(31-29(33)36)25-10-5-6-15-30-25)24-17-19(2)32(20(24)3)22-13-11-21(12-14-22)28(34)35-4/h5-17,26-27H,1-4H3,(H,31,36)/t26-,27-/m1/s1. The molecule has 0 bridgehead atoms. The predicted octanol–water partition coefficient (Wildman–Crippen LogP) is 5.76. The van der Waals surface area contributed by atoms with E-state index in [0.29, 0.717) is 10.7 Å². The summed E-state index contributed by atoms with van der Waals surface area (Å²) in [5.74, 6) is -0.347. The predicted molar refractivity (Wildman–Crippen MR) is 146 cm³/mol. The summed E-state index contributed by atoms with van der Waals surface area (Å²) in [6, 6.07) is 23.9. The Morgan fingerprint density at radius 2 is 1.75 bits per heavy atom. The number of nitrogens with one attached hydrogen (secondary N) is 1. The van der Waals surface area contributed by atoms with Crippen LogP contribution in [0.2, 0.25) is 0 Å². The van der Waals surface area contributed by atoms with Crippen molar-refractivity contribution in [1.82, 2.24) is 14.9 Å². The summed E-state index contributed by atoms with van der Waals surface area (Å²) < 4.78 is 7.06. The van der Waals surface area contributed by atoms with Crippen molar-refractivity contribution in [3.8, 4) is 5.69 Å². The van der Waals surface area contributed by atoms with Crippen LogP contribution in [0.25, 0.3) is 5.69 Å². The fourth-order valence-corrected chi connectivity index (χ4v) is 5.42. The molecule has 0 amide bonds. The van der Waals surface area contributed by atoms with Gasteiger partial charge in [0.2, 0.25) is 0 Å². The number of benzene rings is 2. The zero-order valence-corrected chi connectivity index (χ0v) is 21.5. The SMILES string of the molecule is COC(=O)c1ccc(-n2c(C)cc([C@@H]3[C@@H](c4ccccn4)NC(=S)N3c3cccc(C)c3)c2C)cc1. The van der Waals surface area contributed by atoms with Gasteiger partial charge in [-0.3, -0.25) is 4.98 Å². The Bertz CT molecular complexity index is 1430. The van der Waals surface area contributed by atoms with Crippen molar-refractivity contribution >= 4 is 29.0 Å². The molecule has 0 saturated carbocycles. The topological polar surface area (TPSA) is 59.4 Å². The lowest BCUT2D eigenvalue weighted by Crippen LogP contribution is -2.29. The molecule has 4 aromatic rings. The summed E-state index contributed by atoms with van der Waals surface area (Å²) in [4.78, 5) is 18.8. The Morgan fingerprint density at radius 3 is 2.42 bits per heavy atom. The monoisotopic (exact) mass is 496 g/mol. The Labute approximate surface area is 216 Å². The Balaban J connectivity index is 1.63. The van der Waals surface area contributed by atoms with Crippen LogP contribution in [0.15, 0.2) is 79.0 Å². The number of carbonyl (C=O) groups excluding carboxylic acids is 1. The molecule has 1 aliphatic heterocycles. The van der Waals surface area contributed by atoms with Gasteiger partial charge in [0.25, 0.3) is 0 Å². The van der Waals surface area contributed by atoms with Crippen molar-refractivity contribution in [3.05, 3.63) is 113 Å². The molecule has 36 heavy (non-hydrogen) atoms. The number of pyridine rings is 1. The van der Waals surface area contributed by atoms with Crippen molar-refractivity contribution in [1.29, 1.82) is 0 Å². The average Bonchev–Trinajstić information content (AvgIpc) is 3.39. The van der Waals surface area contributed by atoms with Crippen LogP contribution in [-0.2, 0) is 4.74 Å². The van der Waals surface area contributed by atoms with E-state index in [1.807, 2.05) is 36.5 Å². The van der Waals surface area contributed by atoms with Crippen molar-refractivity contribution in [3.63, 3.8) is 0 Å². The van der Waals surface area contributed by atoms with E-state index in [4.69, 9.17) is 17.0 Å². The van der Waals surface area contributed by atoms with Gasteiger partial charge in [0.1, 0.15) is 0 Å². The van der Waals surface area contributed by atoms with Crippen molar-refractivity contribution in [2.75, 3.05) is 12.0 Å². The smallest absolute Gasteiger partial charge is 0.337 e. The minimum Gasteiger partial charge on any atom is -0.465 e. The summed E-state index contributed by atoms with van der Waals surface area (Å²) in [6.45, 7) is 6.31. The lowest BCUT2D eigenvalue weighted by atomic mass is 9.96. The number of aryl methyl sites for hydroxylation is 2. The molecule has 2 aromatic carbocycles. The summed E-state index contributed by atoms with van der Waals surface area (Å²) in [5, 5.41) is 4.22. The van der Waals surface area contributed by atoms with E-state index in [0.717, 1.165) is 34.0 Å². The van der Waals surface area contributed by atoms with Crippen molar-refractivity contribution < 1.29 is 9.53 Å². The van der Waals surface area contributed by atoms with Gasteiger partial charge < -0.3 is 19.5 Å². The third kappa shape index (κ3) is 4.16. The first-order chi connectivity index (χ1) is 17.4. The third-order valence-electron chi connectivity index (χ3n) is 6.71. The maximum atomic E-state index is 11.9. The molecule has 2 atom stereocenters. The van der Waals surface area contributed by atoms with E-state index in [2.05, 4.69) is 70.9 Å². The molecule has 1 saturated heterocycles. The highest BCUT2D eigenvalue weighted by molar-refractivity contribution is 7.80. The highest BCUT2D eigenvalue weighted by Crippen LogP contribution is 2.43. The summed E-state index contributed by atoms with van der Waals surface area (Å²) >= 11 is 5.88. The molecular weight excluding hydrogens is 468 g/mol. The van der Waals surface area contributed by atoms with Gasteiger partial charge in [0, 0.05) is 29.0 Å². The quantitative estimate of drug-likeness (QED) is 0.280. The highest BCUT2D eigenvalue weighted by atomic mass is 32.1. The first kappa shape index (κ1) is 23.8. The van der Waals surface area contributed by atoms with Gasteiger partial charge in [0.15, 0.2) is 5.11 Å². The first-order valence-electron chi connectivity index (χ1n) is 11.8. The van der Waals surface area contributed by atoms with E-state index >= 15 is 0 Å². The van der Waals surface area contributed by atoms with Gasteiger partial charge in [-0.25, -0.2) is 4.79 Å². The van der Waals surface area contributed by atoms with Crippen molar-refractivity contribution in [2.45, 2.75) is 32.9 Å². The van der Waals surface area contributed by atoms with Gasteiger partial charge in [-0.1, -0.05) is 18.2 Å². The van der Waals surface area contributed by atoms with Gasteiger partial charge >= 0.3 is 5.97 Å². The number of anilines is 1. The number of ether oxygens (including phenoxy) is 1. The lowest BCUT2D eigenvalue weighted by molar-refractivity contribution is 0.0600. The van der Waals surface area contributed by atoms with Crippen LogP contribution in [-0.4, -0.2) is 27.7 Å². The maximum absolute atomic E-state index is 11.9. The number of esters is 1. The lowest BCUT2D eigenvalue weighted by Gasteiger charge is -2.28. The number of carbonyl (C=O) groups is 1. The largest absolute Gasteiger partial charge is 0.465 e. The van der Waals surface area contributed by atoms with Crippen LogP contribution in [0.1, 0.15) is 50.7 Å². The van der Waals surface area contributed by atoms with E-state index < -0.39 is 0 Å². The Kier molecular flexibility index (Phi) is 6.33. The molecule has 182 valence electrons. The van der Waals surface area contributed by atoms with Gasteiger partial charge in [-0.05, 0) is 98.7 Å². The zero-order chi connectivity index (χ0) is 25.4. The average molecular weight is 497 g/mol. The van der Waals surface area contributed by atoms with Crippen LogP contribution in [0, 0.1) is 20.8 Å². The number of aromatic nitrogens is 2. The number of thiocarbonyl (C=S) groups is 1. The normalized spacial score (nSPS) is 17.2. The van der Waals surface area contributed by atoms with E-state index in [9.17, 15) is 4.79 Å². The first-order valence-corrected chi connectivity index (χ1v) is 12.2. The van der Waals surface area contributed by atoms with Crippen LogP contribution in [0.5, 0.6) is 0 Å². The number of methoxy groups -OCH3 is 1. The molecule has 3 heterocycles. The minimum atomic E-state index is -0.347. The number of rotatable bonds is 5. The molecule has 7 heteroatoms. The summed E-state index contributed by atoms with van der Waals surface area (Å²) in [7, 11) is 1.39. The van der Waals surface area contributed by atoms with Gasteiger partial charge in [-0.15, -0.1) is 0 Å². The molecule has 0 radical (unpaired) electrons. The van der Waals surface area contributed by atoms with E-state index in [-0.39, 0.29) is 18.1 Å². The summed E-state index contributed by atoms with van der Waals surface area (Å²) in [6.07, 6.45) is 1.82. The molecule has 1 aliphatic rings.